The molecule has 1 aliphatic heterocycles. The third-order valence-electron chi connectivity index (χ3n) is 5.39. The fraction of sp³-hybridized carbons (Fsp3) is 0.391. The molecule has 2 aromatic carbocycles. The molecule has 0 bridgehead atoms. The van der Waals surface area contributed by atoms with E-state index in [1.165, 1.54) is 48.9 Å². The minimum Gasteiger partial charge on any atom is -0.495 e. The van der Waals surface area contributed by atoms with Crippen LogP contribution in [0.2, 0.25) is 0 Å². The van der Waals surface area contributed by atoms with Crippen molar-refractivity contribution in [3.05, 3.63) is 53.3 Å². The monoisotopic (exact) mass is 479 g/mol. The van der Waals surface area contributed by atoms with Crippen LogP contribution in [-0.2, 0) is 14.8 Å². The number of esters is 1. The first-order valence-corrected chi connectivity index (χ1v) is 11.9. The molecule has 1 saturated heterocycles. The molecule has 0 spiro atoms. The summed E-state index contributed by atoms with van der Waals surface area (Å²) in [6.45, 7) is 0.158. The maximum absolute atomic E-state index is 13.8. The number of halogens is 1. The van der Waals surface area contributed by atoms with E-state index in [4.69, 9.17) is 14.2 Å². The first-order chi connectivity index (χ1) is 15.8. The van der Waals surface area contributed by atoms with Gasteiger partial charge >= 0.3 is 5.97 Å². The molecular formula is C23H26FNO7S. The van der Waals surface area contributed by atoms with Crippen molar-refractivity contribution in [1.82, 2.24) is 4.31 Å². The summed E-state index contributed by atoms with van der Waals surface area (Å²) in [4.78, 5) is 24.7. The molecule has 1 heterocycles. The van der Waals surface area contributed by atoms with E-state index in [0.29, 0.717) is 13.1 Å². The Bertz CT molecular complexity index is 1130. The summed E-state index contributed by atoms with van der Waals surface area (Å²) in [6.07, 6.45) is 3.44. The van der Waals surface area contributed by atoms with Gasteiger partial charge < -0.3 is 14.2 Å². The number of Topliss-reactive ketones (excluding diaryl/α,β-unsaturated/α-hetero) is 1. The summed E-state index contributed by atoms with van der Waals surface area (Å²) < 4.78 is 56.8. The first kappa shape index (κ1) is 24.7. The molecular weight excluding hydrogens is 453 g/mol. The van der Waals surface area contributed by atoms with Gasteiger partial charge in [0, 0.05) is 18.7 Å². The number of nitrogens with zero attached hydrogens (tertiary/aromatic N) is 1. The normalized spacial score (nSPS) is 14.9. The van der Waals surface area contributed by atoms with Crippen molar-refractivity contribution in [3.63, 3.8) is 0 Å². The van der Waals surface area contributed by atoms with Gasteiger partial charge in [-0.25, -0.2) is 17.6 Å². The largest absolute Gasteiger partial charge is 0.495 e. The van der Waals surface area contributed by atoms with Gasteiger partial charge in [-0.15, -0.1) is 0 Å². The summed E-state index contributed by atoms with van der Waals surface area (Å²) in [5.74, 6) is -2.11. The van der Waals surface area contributed by atoms with Crippen LogP contribution in [-0.4, -0.2) is 58.4 Å². The highest BCUT2D eigenvalue weighted by Gasteiger charge is 2.29. The first-order valence-electron chi connectivity index (χ1n) is 10.5. The number of ketones is 1. The second kappa shape index (κ2) is 10.8. The van der Waals surface area contributed by atoms with Gasteiger partial charge in [0.05, 0.1) is 19.8 Å². The molecule has 0 aliphatic carbocycles. The molecule has 0 saturated carbocycles. The molecule has 0 amide bonds. The van der Waals surface area contributed by atoms with Gasteiger partial charge in [-0.3, -0.25) is 4.79 Å². The van der Waals surface area contributed by atoms with Crippen LogP contribution in [0.1, 0.15) is 46.4 Å². The van der Waals surface area contributed by atoms with Gasteiger partial charge in [0.1, 0.15) is 10.6 Å². The lowest BCUT2D eigenvalue weighted by molar-refractivity contribution is 0.0474. The van der Waals surface area contributed by atoms with Gasteiger partial charge in [0.2, 0.25) is 10.0 Å². The summed E-state index contributed by atoms with van der Waals surface area (Å²) in [5, 5.41) is 0. The molecule has 0 N–H and O–H groups in total. The quantitative estimate of drug-likeness (QED) is 0.422. The summed E-state index contributed by atoms with van der Waals surface area (Å²) in [5.41, 5.74) is -0.0295. The van der Waals surface area contributed by atoms with Crippen molar-refractivity contribution >= 4 is 21.8 Å². The van der Waals surface area contributed by atoms with E-state index in [9.17, 15) is 22.4 Å². The minimum absolute atomic E-state index is 0.0140. The Morgan fingerprint density at radius 3 is 2.12 bits per heavy atom. The second-order valence-corrected chi connectivity index (χ2v) is 9.44. The number of sulfonamides is 1. The van der Waals surface area contributed by atoms with Crippen molar-refractivity contribution in [3.8, 4) is 11.5 Å². The van der Waals surface area contributed by atoms with E-state index in [-0.39, 0.29) is 27.5 Å². The van der Waals surface area contributed by atoms with Crippen LogP contribution in [0.3, 0.4) is 0 Å². The Balaban J connectivity index is 1.77. The maximum atomic E-state index is 13.8. The zero-order chi connectivity index (χ0) is 24.0. The van der Waals surface area contributed by atoms with Crippen LogP contribution in [0.15, 0.2) is 41.3 Å². The Morgan fingerprint density at radius 2 is 1.52 bits per heavy atom. The molecule has 8 nitrogen and oxygen atoms in total. The number of ether oxygens (including phenoxy) is 3. The molecule has 10 heteroatoms. The van der Waals surface area contributed by atoms with Gasteiger partial charge in [-0.1, -0.05) is 12.8 Å². The highest BCUT2D eigenvalue weighted by molar-refractivity contribution is 7.89. The smallest absolute Gasteiger partial charge is 0.338 e. The van der Waals surface area contributed by atoms with E-state index in [2.05, 4.69) is 0 Å². The van der Waals surface area contributed by atoms with E-state index < -0.39 is 34.2 Å². The SMILES string of the molecule is COc1ccc(C(=O)COC(=O)c2ccc(OC)c(S(=O)(=O)N3CCCCCC3)c2)cc1F. The molecule has 0 unspecified atom stereocenters. The molecule has 0 aromatic heterocycles. The van der Waals surface area contributed by atoms with Crippen molar-refractivity contribution in [2.45, 2.75) is 30.6 Å². The standard InChI is InChI=1S/C23H26FNO7S/c1-30-20-9-7-16(13-18(20)24)19(26)15-32-23(27)17-8-10-21(31-2)22(14-17)33(28,29)25-11-5-3-4-6-12-25/h7-10,13-14H,3-6,11-12,15H2,1-2H3. The van der Waals surface area contributed by atoms with Crippen LogP contribution in [0, 0.1) is 5.82 Å². The third-order valence-corrected chi connectivity index (χ3v) is 7.31. The zero-order valence-electron chi connectivity index (χ0n) is 18.5. The average molecular weight is 480 g/mol. The van der Waals surface area contributed by atoms with E-state index in [1.807, 2.05) is 0 Å². The second-order valence-electron chi connectivity index (χ2n) is 7.53. The average Bonchev–Trinajstić information content (AvgIpc) is 3.12. The van der Waals surface area contributed by atoms with E-state index >= 15 is 0 Å². The lowest BCUT2D eigenvalue weighted by Crippen LogP contribution is -2.32. The van der Waals surface area contributed by atoms with Crippen LogP contribution in [0.4, 0.5) is 4.39 Å². The lowest BCUT2D eigenvalue weighted by atomic mass is 10.1. The summed E-state index contributed by atoms with van der Waals surface area (Å²) in [7, 11) is -1.24. The van der Waals surface area contributed by atoms with Crippen LogP contribution in [0.25, 0.3) is 0 Å². The number of rotatable bonds is 8. The number of carbonyl (C=O) groups excluding carboxylic acids is 2. The third kappa shape index (κ3) is 5.69. The fourth-order valence-corrected chi connectivity index (χ4v) is 5.26. The Morgan fingerprint density at radius 1 is 0.909 bits per heavy atom. The van der Waals surface area contributed by atoms with Crippen molar-refractivity contribution < 1.29 is 36.6 Å². The molecule has 1 aliphatic rings. The zero-order valence-corrected chi connectivity index (χ0v) is 19.3. The Hall–Kier alpha value is -2.98. The number of carbonyl (C=O) groups is 2. The Labute approximate surface area is 192 Å². The van der Waals surface area contributed by atoms with Crippen molar-refractivity contribution in [2.75, 3.05) is 33.9 Å². The minimum atomic E-state index is -3.89. The number of benzene rings is 2. The predicted molar refractivity (Wildman–Crippen MR) is 118 cm³/mol. The van der Waals surface area contributed by atoms with Gasteiger partial charge in [-0.2, -0.15) is 4.31 Å². The summed E-state index contributed by atoms with van der Waals surface area (Å²) in [6, 6.07) is 7.58. The molecule has 0 atom stereocenters. The molecule has 2 aromatic rings. The molecule has 0 radical (unpaired) electrons. The Kier molecular flexibility index (Phi) is 8.04. The van der Waals surface area contributed by atoms with Gasteiger partial charge in [0.25, 0.3) is 0 Å². The molecule has 33 heavy (non-hydrogen) atoms. The topological polar surface area (TPSA) is 99.2 Å². The van der Waals surface area contributed by atoms with Crippen molar-refractivity contribution in [2.24, 2.45) is 0 Å². The summed E-state index contributed by atoms with van der Waals surface area (Å²) >= 11 is 0. The number of methoxy groups -OCH3 is 2. The fourth-order valence-electron chi connectivity index (χ4n) is 3.56. The lowest BCUT2D eigenvalue weighted by Gasteiger charge is -2.21. The molecule has 1 fully saturated rings. The highest BCUT2D eigenvalue weighted by atomic mass is 32.2. The number of hydrogen-bond donors (Lipinski definition) is 0. The number of hydrogen-bond acceptors (Lipinski definition) is 7. The van der Waals surface area contributed by atoms with Crippen LogP contribution < -0.4 is 9.47 Å². The van der Waals surface area contributed by atoms with Gasteiger partial charge in [0.15, 0.2) is 24.0 Å². The van der Waals surface area contributed by atoms with Crippen LogP contribution >= 0.6 is 0 Å². The maximum Gasteiger partial charge on any atom is 0.338 e. The van der Waals surface area contributed by atoms with Crippen LogP contribution in [0.5, 0.6) is 11.5 Å². The van der Waals surface area contributed by atoms with Crippen molar-refractivity contribution in [1.29, 1.82) is 0 Å². The van der Waals surface area contributed by atoms with E-state index in [0.717, 1.165) is 31.7 Å². The highest BCUT2D eigenvalue weighted by Crippen LogP contribution is 2.29. The van der Waals surface area contributed by atoms with E-state index in [1.54, 1.807) is 0 Å². The predicted octanol–water partition coefficient (Wildman–Crippen LogP) is 3.45. The molecule has 3 rings (SSSR count). The molecule has 178 valence electrons. The van der Waals surface area contributed by atoms with Gasteiger partial charge in [-0.05, 0) is 49.2 Å².